The van der Waals surface area contributed by atoms with E-state index in [9.17, 15) is 20.0 Å². The smallest absolute Gasteiger partial charge is 0.271 e. The first-order valence-corrected chi connectivity index (χ1v) is 7.60. The van der Waals surface area contributed by atoms with Gasteiger partial charge < -0.3 is 9.84 Å². The van der Waals surface area contributed by atoms with Gasteiger partial charge in [-0.05, 0) is 38.5 Å². The van der Waals surface area contributed by atoms with E-state index in [-0.39, 0.29) is 28.8 Å². The number of aromatic nitrogens is 1. The van der Waals surface area contributed by atoms with Crippen molar-refractivity contribution in [1.82, 2.24) is 4.57 Å². The number of carbonyl (C=O) groups is 1. The molecule has 0 aliphatic rings. The molecule has 0 amide bonds. The number of aromatic hydroxyl groups is 1. The lowest BCUT2D eigenvalue weighted by Gasteiger charge is -2.15. The quantitative estimate of drug-likeness (QED) is 0.852. The van der Waals surface area contributed by atoms with Gasteiger partial charge in [-0.15, -0.1) is 0 Å². The lowest BCUT2D eigenvalue weighted by atomic mass is 9.96. The number of hydrogen-bond donors (Lipinski definition) is 1. The summed E-state index contributed by atoms with van der Waals surface area (Å²) in [4.78, 5) is 25.2. The Morgan fingerprint density at radius 1 is 1.33 bits per heavy atom. The van der Waals surface area contributed by atoms with Crippen LogP contribution in [0.1, 0.15) is 40.9 Å². The van der Waals surface area contributed by atoms with Crippen molar-refractivity contribution < 1.29 is 14.6 Å². The molecule has 2 rings (SSSR count). The molecule has 1 N–H and O–H groups in total. The Labute approximate surface area is 139 Å². The Hall–Kier alpha value is -3.07. The van der Waals surface area contributed by atoms with Crippen molar-refractivity contribution in [2.24, 2.45) is 0 Å². The van der Waals surface area contributed by atoms with E-state index in [0.717, 1.165) is 4.57 Å². The minimum atomic E-state index is -0.607. The fourth-order valence-electron chi connectivity index (χ4n) is 2.59. The summed E-state index contributed by atoms with van der Waals surface area (Å²) >= 11 is 0. The minimum absolute atomic E-state index is 0.0554. The van der Waals surface area contributed by atoms with Gasteiger partial charge in [0.2, 0.25) is 11.7 Å². The van der Waals surface area contributed by atoms with Gasteiger partial charge in [0.05, 0.1) is 17.7 Å². The third-order valence-electron chi connectivity index (χ3n) is 3.77. The Morgan fingerprint density at radius 2 is 2.00 bits per heavy atom. The molecular formula is C18H18N2O4. The molecule has 0 atom stereocenters. The predicted octanol–water partition coefficient (Wildman–Crippen LogP) is 2.38. The molecule has 0 bridgehead atoms. The number of hydrogen-bond acceptors (Lipinski definition) is 5. The fourth-order valence-corrected chi connectivity index (χ4v) is 2.59. The summed E-state index contributed by atoms with van der Waals surface area (Å²) in [6, 6.07) is 8.49. The summed E-state index contributed by atoms with van der Waals surface area (Å²) in [5, 5.41) is 19.7. The van der Waals surface area contributed by atoms with Crippen LogP contribution >= 0.6 is 0 Å². The van der Waals surface area contributed by atoms with Crippen LogP contribution in [0.5, 0.6) is 11.6 Å². The van der Waals surface area contributed by atoms with Crippen molar-refractivity contribution in [3.05, 3.63) is 56.9 Å². The van der Waals surface area contributed by atoms with Crippen LogP contribution in [0.15, 0.2) is 29.1 Å². The average molecular weight is 326 g/mol. The Bertz CT molecular complexity index is 891. The number of rotatable bonds is 5. The molecule has 6 heteroatoms. The fraction of sp³-hybridized carbons (Fsp3) is 0.278. The molecule has 6 nitrogen and oxygen atoms in total. The van der Waals surface area contributed by atoms with E-state index >= 15 is 0 Å². The summed E-state index contributed by atoms with van der Waals surface area (Å²) in [7, 11) is 0. The van der Waals surface area contributed by atoms with Crippen molar-refractivity contribution in [3.8, 4) is 17.7 Å². The van der Waals surface area contributed by atoms with Crippen molar-refractivity contribution in [2.45, 2.75) is 27.3 Å². The highest BCUT2D eigenvalue weighted by Crippen LogP contribution is 2.28. The Morgan fingerprint density at radius 3 is 2.58 bits per heavy atom. The van der Waals surface area contributed by atoms with E-state index in [1.54, 1.807) is 38.1 Å². The highest BCUT2D eigenvalue weighted by atomic mass is 16.5. The molecule has 0 spiro atoms. The van der Waals surface area contributed by atoms with Gasteiger partial charge in [0.1, 0.15) is 17.4 Å². The van der Waals surface area contributed by atoms with Crippen LogP contribution in [0.3, 0.4) is 0 Å². The second-order valence-corrected chi connectivity index (χ2v) is 5.12. The molecule has 0 aliphatic carbocycles. The predicted molar refractivity (Wildman–Crippen MR) is 88.5 cm³/mol. The van der Waals surface area contributed by atoms with Gasteiger partial charge in [-0.3, -0.25) is 14.2 Å². The Kier molecular flexibility index (Phi) is 5.05. The van der Waals surface area contributed by atoms with Crippen molar-refractivity contribution in [2.75, 3.05) is 6.61 Å². The maximum Gasteiger partial charge on any atom is 0.271 e. The van der Waals surface area contributed by atoms with E-state index in [1.165, 1.54) is 6.92 Å². The zero-order valence-electron chi connectivity index (χ0n) is 13.8. The molecular weight excluding hydrogens is 308 g/mol. The molecule has 0 unspecified atom stereocenters. The average Bonchev–Trinajstić information content (AvgIpc) is 2.56. The van der Waals surface area contributed by atoms with Gasteiger partial charge in [-0.2, -0.15) is 5.26 Å². The summed E-state index contributed by atoms with van der Waals surface area (Å²) in [5.41, 5.74) is -0.374. The van der Waals surface area contributed by atoms with E-state index in [4.69, 9.17) is 4.74 Å². The number of para-hydroxylation sites is 1. The van der Waals surface area contributed by atoms with Gasteiger partial charge in [-0.1, -0.05) is 12.1 Å². The van der Waals surface area contributed by atoms with Crippen LogP contribution in [0.4, 0.5) is 0 Å². The van der Waals surface area contributed by atoms with E-state index in [2.05, 4.69) is 0 Å². The van der Waals surface area contributed by atoms with Crippen LogP contribution in [-0.4, -0.2) is 22.1 Å². The molecule has 0 fully saturated rings. The van der Waals surface area contributed by atoms with Gasteiger partial charge in [-0.25, -0.2) is 0 Å². The SMILES string of the molecule is CCOc1ccccc1C(=O)c1c(C)c(C#N)c(=O)n(CC)c1O. The molecule has 1 heterocycles. The normalized spacial score (nSPS) is 10.2. The molecule has 124 valence electrons. The molecule has 0 aliphatic heterocycles. The zero-order chi connectivity index (χ0) is 17.9. The van der Waals surface area contributed by atoms with Crippen LogP contribution < -0.4 is 10.3 Å². The second kappa shape index (κ2) is 7.01. The number of pyridine rings is 1. The number of benzene rings is 1. The summed E-state index contributed by atoms with van der Waals surface area (Å²) in [6.45, 7) is 5.46. The number of nitrogens with zero attached hydrogens (tertiary/aromatic N) is 2. The van der Waals surface area contributed by atoms with Gasteiger partial charge in [0.25, 0.3) is 5.56 Å². The lowest BCUT2D eigenvalue weighted by Crippen LogP contribution is -2.26. The maximum atomic E-state index is 13.0. The molecule has 24 heavy (non-hydrogen) atoms. The molecule has 0 saturated carbocycles. The Balaban J connectivity index is 2.76. The van der Waals surface area contributed by atoms with Crippen molar-refractivity contribution in [1.29, 1.82) is 5.26 Å². The van der Waals surface area contributed by atoms with Crippen LogP contribution in [-0.2, 0) is 6.54 Å². The number of carbonyl (C=O) groups excluding carboxylic acids is 1. The summed E-state index contributed by atoms with van der Waals surface area (Å²) in [5.74, 6) is -0.542. The summed E-state index contributed by atoms with van der Waals surface area (Å²) in [6.07, 6.45) is 0. The van der Waals surface area contributed by atoms with Crippen molar-refractivity contribution >= 4 is 5.78 Å². The van der Waals surface area contributed by atoms with E-state index < -0.39 is 17.2 Å². The first-order valence-electron chi connectivity index (χ1n) is 7.60. The van der Waals surface area contributed by atoms with Gasteiger partial charge in [0, 0.05) is 6.54 Å². The maximum absolute atomic E-state index is 13.0. The van der Waals surface area contributed by atoms with Gasteiger partial charge in [0.15, 0.2) is 0 Å². The monoisotopic (exact) mass is 326 g/mol. The van der Waals surface area contributed by atoms with E-state index in [1.807, 2.05) is 6.07 Å². The molecule has 1 aromatic heterocycles. The van der Waals surface area contributed by atoms with Crippen LogP contribution in [0, 0.1) is 18.3 Å². The summed E-state index contributed by atoms with van der Waals surface area (Å²) < 4.78 is 6.48. The third kappa shape index (κ3) is 2.76. The minimum Gasteiger partial charge on any atom is -0.494 e. The molecule has 0 saturated heterocycles. The third-order valence-corrected chi connectivity index (χ3v) is 3.77. The topological polar surface area (TPSA) is 92.3 Å². The largest absolute Gasteiger partial charge is 0.494 e. The van der Waals surface area contributed by atoms with Gasteiger partial charge >= 0.3 is 0 Å². The number of nitriles is 1. The molecule has 1 aromatic carbocycles. The highest BCUT2D eigenvalue weighted by molar-refractivity contribution is 6.13. The van der Waals surface area contributed by atoms with E-state index in [0.29, 0.717) is 12.4 Å². The zero-order valence-corrected chi connectivity index (χ0v) is 13.8. The molecule has 2 aromatic rings. The van der Waals surface area contributed by atoms with Crippen molar-refractivity contribution in [3.63, 3.8) is 0 Å². The number of ketones is 1. The molecule has 0 radical (unpaired) electrons. The first-order chi connectivity index (χ1) is 11.5. The lowest BCUT2D eigenvalue weighted by molar-refractivity contribution is 0.103. The van der Waals surface area contributed by atoms with Crippen LogP contribution in [0.25, 0.3) is 0 Å². The standard InChI is InChI=1S/C18H18N2O4/c1-4-20-17(22)13(10-19)11(3)15(18(20)23)16(21)12-8-6-7-9-14(12)24-5-2/h6-9,23H,4-5H2,1-3H3. The van der Waals surface area contributed by atoms with Crippen LogP contribution in [0.2, 0.25) is 0 Å². The second-order valence-electron chi connectivity index (χ2n) is 5.12. The first kappa shape index (κ1) is 17.3. The number of ether oxygens (including phenoxy) is 1. The highest BCUT2D eigenvalue weighted by Gasteiger charge is 2.26.